The summed E-state index contributed by atoms with van der Waals surface area (Å²) < 4.78 is 11.5. The van der Waals surface area contributed by atoms with Crippen molar-refractivity contribution in [1.82, 2.24) is 9.80 Å². The van der Waals surface area contributed by atoms with E-state index in [1.165, 1.54) is 0 Å². The van der Waals surface area contributed by atoms with Crippen LogP contribution in [0.25, 0.3) is 11.0 Å². The number of amides is 1. The molecule has 2 aliphatic heterocycles. The van der Waals surface area contributed by atoms with E-state index in [1.54, 1.807) is 6.92 Å². The average molecular weight is 356 g/mol. The molecular formula is C20H24N2O4. The van der Waals surface area contributed by atoms with Gasteiger partial charge < -0.3 is 14.1 Å². The van der Waals surface area contributed by atoms with Crippen LogP contribution in [0.15, 0.2) is 21.3 Å². The van der Waals surface area contributed by atoms with E-state index in [0.717, 1.165) is 54.7 Å². The van der Waals surface area contributed by atoms with Crippen LogP contribution in [0.4, 0.5) is 0 Å². The Morgan fingerprint density at radius 1 is 1.12 bits per heavy atom. The Balaban J connectivity index is 1.52. The maximum atomic E-state index is 12.1. The van der Waals surface area contributed by atoms with Crippen LogP contribution in [-0.4, -0.2) is 42.1 Å². The molecule has 6 heteroatoms. The summed E-state index contributed by atoms with van der Waals surface area (Å²) in [7, 11) is 0. The molecule has 6 nitrogen and oxygen atoms in total. The van der Waals surface area contributed by atoms with Gasteiger partial charge in [0.2, 0.25) is 5.91 Å². The minimum Gasteiger partial charge on any atom is -0.478 e. The lowest BCUT2D eigenvalue weighted by Crippen LogP contribution is -2.35. The highest BCUT2D eigenvalue weighted by atomic mass is 16.5. The maximum Gasteiger partial charge on any atom is 0.339 e. The highest BCUT2D eigenvalue weighted by Crippen LogP contribution is 2.33. The molecule has 0 spiro atoms. The van der Waals surface area contributed by atoms with Crippen LogP contribution in [0.5, 0.6) is 5.75 Å². The highest BCUT2D eigenvalue weighted by Gasteiger charge is 2.24. The first-order valence-corrected chi connectivity index (χ1v) is 9.23. The van der Waals surface area contributed by atoms with Crippen molar-refractivity contribution in [1.29, 1.82) is 0 Å². The summed E-state index contributed by atoms with van der Waals surface area (Å²) >= 11 is 0. The molecule has 3 heterocycles. The van der Waals surface area contributed by atoms with Gasteiger partial charge in [-0.3, -0.25) is 9.69 Å². The van der Waals surface area contributed by atoms with E-state index in [4.69, 9.17) is 9.15 Å². The molecular weight excluding hydrogens is 332 g/mol. The number of fused-ring (bicyclic) bond motifs is 3. The van der Waals surface area contributed by atoms with Gasteiger partial charge in [-0.2, -0.15) is 0 Å². The molecule has 1 aromatic carbocycles. The summed E-state index contributed by atoms with van der Waals surface area (Å²) in [6.07, 6.45) is 2.57. The van der Waals surface area contributed by atoms with E-state index in [0.29, 0.717) is 30.8 Å². The Morgan fingerprint density at radius 3 is 2.73 bits per heavy atom. The summed E-state index contributed by atoms with van der Waals surface area (Å²) in [5.74, 6) is 1.05. The van der Waals surface area contributed by atoms with Crippen molar-refractivity contribution >= 4 is 16.9 Å². The van der Waals surface area contributed by atoms with Crippen LogP contribution >= 0.6 is 0 Å². The second-order valence-corrected chi connectivity index (χ2v) is 7.22. The standard InChI is InChI=1S/C20H24N2O4/c1-13-14(2)20(24)26-19-15(13)6-7-17-16(19)11-21(12-25-17)8-4-10-22-9-3-5-18(22)23/h6-7H,3-5,8-12H2,1-2H3. The number of aryl methyl sites for hydroxylation is 1. The van der Waals surface area contributed by atoms with Crippen LogP contribution in [0.1, 0.15) is 36.0 Å². The number of likely N-dealkylation sites (tertiary alicyclic amines) is 1. The van der Waals surface area contributed by atoms with E-state index in [-0.39, 0.29) is 11.5 Å². The Hall–Kier alpha value is -2.34. The van der Waals surface area contributed by atoms with Crippen molar-refractivity contribution in [2.75, 3.05) is 26.4 Å². The molecule has 0 N–H and O–H groups in total. The van der Waals surface area contributed by atoms with Gasteiger partial charge in [-0.1, -0.05) is 0 Å². The number of ether oxygens (including phenoxy) is 1. The minimum atomic E-state index is -0.284. The number of nitrogens with zero attached hydrogens (tertiary/aromatic N) is 2. The Bertz CT molecular complexity index is 918. The van der Waals surface area contributed by atoms with E-state index in [1.807, 2.05) is 24.0 Å². The van der Waals surface area contributed by atoms with Gasteiger partial charge in [-0.15, -0.1) is 0 Å². The third-order valence-corrected chi connectivity index (χ3v) is 5.54. The molecule has 1 saturated heterocycles. The van der Waals surface area contributed by atoms with Gasteiger partial charge in [0.25, 0.3) is 0 Å². The average Bonchev–Trinajstić information content (AvgIpc) is 3.05. The van der Waals surface area contributed by atoms with Crippen molar-refractivity contribution < 1.29 is 13.9 Å². The predicted molar refractivity (Wildman–Crippen MR) is 98.3 cm³/mol. The van der Waals surface area contributed by atoms with Crippen molar-refractivity contribution in [2.45, 2.75) is 39.7 Å². The minimum absolute atomic E-state index is 0.267. The van der Waals surface area contributed by atoms with E-state index < -0.39 is 0 Å². The van der Waals surface area contributed by atoms with Gasteiger partial charge in [0.15, 0.2) is 0 Å². The molecule has 26 heavy (non-hydrogen) atoms. The Labute approximate surface area is 152 Å². The van der Waals surface area contributed by atoms with Crippen molar-refractivity contribution in [3.05, 3.63) is 39.2 Å². The van der Waals surface area contributed by atoms with E-state index in [9.17, 15) is 9.59 Å². The van der Waals surface area contributed by atoms with Gasteiger partial charge in [0.1, 0.15) is 18.1 Å². The van der Waals surface area contributed by atoms with Crippen LogP contribution < -0.4 is 10.4 Å². The lowest BCUT2D eigenvalue weighted by atomic mass is 10.0. The fourth-order valence-corrected chi connectivity index (χ4v) is 3.83. The zero-order valence-electron chi connectivity index (χ0n) is 15.3. The molecule has 2 aliphatic rings. The van der Waals surface area contributed by atoms with Crippen LogP contribution in [0, 0.1) is 13.8 Å². The summed E-state index contributed by atoms with van der Waals surface area (Å²) in [6, 6.07) is 3.93. The maximum absolute atomic E-state index is 12.1. The Morgan fingerprint density at radius 2 is 1.96 bits per heavy atom. The highest BCUT2D eigenvalue weighted by molar-refractivity contribution is 5.85. The number of benzene rings is 1. The number of hydrogen-bond acceptors (Lipinski definition) is 5. The second kappa shape index (κ2) is 6.76. The quantitative estimate of drug-likeness (QED) is 0.788. The van der Waals surface area contributed by atoms with Crippen LogP contribution in [-0.2, 0) is 11.3 Å². The number of rotatable bonds is 4. The fraction of sp³-hybridized carbons (Fsp3) is 0.500. The molecule has 1 aromatic heterocycles. The SMILES string of the molecule is Cc1c(C)c2ccc3c(c2oc1=O)CN(CCCN1CCCC1=O)CO3. The largest absolute Gasteiger partial charge is 0.478 e. The Kier molecular flexibility index (Phi) is 4.44. The molecule has 1 amide bonds. The monoisotopic (exact) mass is 356 g/mol. The molecule has 0 saturated carbocycles. The molecule has 0 atom stereocenters. The zero-order chi connectivity index (χ0) is 18.3. The lowest BCUT2D eigenvalue weighted by Gasteiger charge is -2.30. The van der Waals surface area contributed by atoms with Crippen LogP contribution in [0.2, 0.25) is 0 Å². The topological polar surface area (TPSA) is 63.0 Å². The normalized spacial score (nSPS) is 17.6. The second-order valence-electron chi connectivity index (χ2n) is 7.22. The summed E-state index contributed by atoms with van der Waals surface area (Å²) in [5.41, 5.74) is 2.90. The van der Waals surface area contributed by atoms with Crippen molar-refractivity contribution in [3.8, 4) is 5.75 Å². The van der Waals surface area contributed by atoms with Crippen molar-refractivity contribution in [2.24, 2.45) is 0 Å². The molecule has 4 rings (SSSR count). The molecule has 1 fully saturated rings. The van der Waals surface area contributed by atoms with Gasteiger partial charge in [0, 0.05) is 43.5 Å². The van der Waals surface area contributed by atoms with Gasteiger partial charge in [-0.25, -0.2) is 4.79 Å². The summed E-state index contributed by atoms with van der Waals surface area (Å²) in [6.45, 7) is 7.47. The fourth-order valence-electron chi connectivity index (χ4n) is 3.83. The first kappa shape index (κ1) is 17.1. The van der Waals surface area contributed by atoms with Gasteiger partial charge >= 0.3 is 5.63 Å². The summed E-state index contributed by atoms with van der Waals surface area (Å²) in [5, 5.41) is 0.967. The molecule has 2 aromatic rings. The first-order chi connectivity index (χ1) is 12.5. The number of carbonyl (C=O) groups is 1. The molecule has 0 radical (unpaired) electrons. The molecule has 0 bridgehead atoms. The molecule has 0 unspecified atom stereocenters. The van der Waals surface area contributed by atoms with E-state index in [2.05, 4.69) is 4.90 Å². The number of carbonyl (C=O) groups excluding carboxylic acids is 1. The first-order valence-electron chi connectivity index (χ1n) is 9.23. The van der Waals surface area contributed by atoms with Crippen LogP contribution in [0.3, 0.4) is 0 Å². The number of hydrogen-bond donors (Lipinski definition) is 0. The lowest BCUT2D eigenvalue weighted by molar-refractivity contribution is -0.127. The summed E-state index contributed by atoms with van der Waals surface area (Å²) in [4.78, 5) is 28.0. The predicted octanol–water partition coefficient (Wildman–Crippen LogP) is 2.57. The van der Waals surface area contributed by atoms with Gasteiger partial charge in [0.05, 0.1) is 5.56 Å². The third kappa shape index (κ3) is 2.98. The smallest absolute Gasteiger partial charge is 0.339 e. The molecule has 0 aliphatic carbocycles. The molecule has 138 valence electrons. The van der Waals surface area contributed by atoms with E-state index >= 15 is 0 Å². The van der Waals surface area contributed by atoms with Crippen molar-refractivity contribution in [3.63, 3.8) is 0 Å². The van der Waals surface area contributed by atoms with Gasteiger partial charge in [-0.05, 0) is 44.4 Å². The zero-order valence-corrected chi connectivity index (χ0v) is 15.3. The third-order valence-electron chi connectivity index (χ3n) is 5.54.